The lowest BCUT2D eigenvalue weighted by Crippen LogP contribution is -2.48. The Morgan fingerprint density at radius 3 is 2.72 bits per heavy atom. The van der Waals surface area contributed by atoms with Crippen molar-refractivity contribution in [3.05, 3.63) is 46.6 Å². The number of aryl methyl sites for hydroxylation is 1. The van der Waals surface area contributed by atoms with Crippen LogP contribution in [-0.4, -0.2) is 45.0 Å². The van der Waals surface area contributed by atoms with Crippen LogP contribution in [0.25, 0.3) is 0 Å². The molecule has 0 aromatic carbocycles. The summed E-state index contributed by atoms with van der Waals surface area (Å²) in [5, 5.41) is 0.284. The number of alkyl halides is 3. The fourth-order valence-electron chi connectivity index (χ4n) is 3.65. The number of carbonyl (C=O) groups excluding carboxylic acids is 1. The van der Waals surface area contributed by atoms with Gasteiger partial charge in [-0.05, 0) is 43.7 Å². The third kappa shape index (κ3) is 4.29. The van der Waals surface area contributed by atoms with Crippen LogP contribution in [0, 0.1) is 18.8 Å². The van der Waals surface area contributed by atoms with Gasteiger partial charge in [-0.1, -0.05) is 11.6 Å². The second-order valence-electron chi connectivity index (χ2n) is 7.43. The molecule has 29 heavy (non-hydrogen) atoms. The summed E-state index contributed by atoms with van der Waals surface area (Å²) in [6, 6.07) is 3.13. The molecule has 0 radical (unpaired) electrons. The van der Waals surface area contributed by atoms with Crippen LogP contribution < -0.4 is 4.74 Å². The van der Waals surface area contributed by atoms with E-state index < -0.39 is 11.9 Å². The summed E-state index contributed by atoms with van der Waals surface area (Å²) in [5.74, 6) is 0.711. The molecule has 2 aromatic heterocycles. The molecule has 0 bridgehead atoms. The third-order valence-electron chi connectivity index (χ3n) is 5.31. The Kier molecular flexibility index (Phi) is 5.10. The standard InChI is InChI=1S/C19H18ClF3N4O2/c1-10-2-3-14(20)17(26-10)18(28)27-8-12-4-11(12)5-13(27)9-29-16-7-24-15(6-25-16)19(21,22)23/h2-3,6-7,11-13H,4-5,8-9H2,1H3/t11-,12?,13+/m1/s1. The number of hydrogen-bond donors (Lipinski definition) is 0. The molecule has 6 nitrogen and oxygen atoms in total. The predicted molar refractivity (Wildman–Crippen MR) is 97.6 cm³/mol. The maximum atomic E-state index is 13.1. The minimum atomic E-state index is -4.56. The van der Waals surface area contributed by atoms with Gasteiger partial charge >= 0.3 is 6.18 Å². The maximum Gasteiger partial charge on any atom is 0.434 e. The van der Waals surface area contributed by atoms with Crippen molar-refractivity contribution in [2.45, 2.75) is 32.0 Å². The predicted octanol–water partition coefficient (Wildman–Crippen LogP) is 3.78. The van der Waals surface area contributed by atoms with Gasteiger partial charge in [-0.2, -0.15) is 13.2 Å². The first-order chi connectivity index (χ1) is 13.7. The molecular weight excluding hydrogens is 409 g/mol. The first kappa shape index (κ1) is 19.9. The largest absolute Gasteiger partial charge is 0.474 e. The van der Waals surface area contributed by atoms with E-state index in [9.17, 15) is 18.0 Å². The van der Waals surface area contributed by atoms with Crippen molar-refractivity contribution in [1.29, 1.82) is 0 Å². The number of ether oxygens (including phenoxy) is 1. The molecule has 2 aromatic rings. The van der Waals surface area contributed by atoms with Gasteiger partial charge in [-0.25, -0.2) is 15.0 Å². The number of carbonyl (C=O) groups is 1. The fourth-order valence-corrected chi connectivity index (χ4v) is 3.84. The first-order valence-electron chi connectivity index (χ1n) is 9.18. The summed E-state index contributed by atoms with van der Waals surface area (Å²) >= 11 is 6.18. The molecule has 3 atom stereocenters. The number of hydrogen-bond acceptors (Lipinski definition) is 5. The first-order valence-corrected chi connectivity index (χ1v) is 9.56. The van der Waals surface area contributed by atoms with Crippen LogP contribution in [0.4, 0.5) is 13.2 Å². The van der Waals surface area contributed by atoms with Crippen molar-refractivity contribution in [3.8, 4) is 5.88 Å². The summed E-state index contributed by atoms with van der Waals surface area (Å²) in [5.41, 5.74) is -0.197. The highest BCUT2D eigenvalue weighted by molar-refractivity contribution is 6.33. The summed E-state index contributed by atoms with van der Waals surface area (Å²) in [7, 11) is 0. The van der Waals surface area contributed by atoms with Crippen molar-refractivity contribution in [2.24, 2.45) is 11.8 Å². The van der Waals surface area contributed by atoms with Gasteiger partial charge in [0.25, 0.3) is 5.91 Å². The number of pyridine rings is 1. The Labute approximate surface area is 170 Å². The number of likely N-dealkylation sites (tertiary alicyclic amines) is 1. The zero-order valence-electron chi connectivity index (χ0n) is 15.5. The van der Waals surface area contributed by atoms with Crippen molar-refractivity contribution in [1.82, 2.24) is 19.9 Å². The fraction of sp³-hybridized carbons (Fsp3) is 0.474. The average Bonchev–Trinajstić information content (AvgIpc) is 3.45. The van der Waals surface area contributed by atoms with Gasteiger partial charge in [-0.15, -0.1) is 0 Å². The van der Waals surface area contributed by atoms with E-state index in [-0.39, 0.29) is 35.2 Å². The van der Waals surface area contributed by atoms with Crippen LogP contribution in [0.2, 0.25) is 5.02 Å². The molecule has 10 heteroatoms. The van der Waals surface area contributed by atoms with Crippen LogP contribution in [0.5, 0.6) is 5.88 Å². The van der Waals surface area contributed by atoms with Crippen molar-refractivity contribution in [3.63, 3.8) is 0 Å². The quantitative estimate of drug-likeness (QED) is 0.744. The van der Waals surface area contributed by atoms with E-state index in [2.05, 4.69) is 15.0 Å². The number of piperidine rings is 1. The zero-order valence-corrected chi connectivity index (χ0v) is 16.2. The number of rotatable bonds is 4. The Morgan fingerprint density at radius 2 is 2.03 bits per heavy atom. The van der Waals surface area contributed by atoms with E-state index >= 15 is 0 Å². The highest BCUT2D eigenvalue weighted by atomic mass is 35.5. The monoisotopic (exact) mass is 426 g/mol. The molecule has 1 saturated carbocycles. The number of amides is 1. The van der Waals surface area contributed by atoms with Gasteiger partial charge in [0.15, 0.2) is 5.69 Å². The van der Waals surface area contributed by atoms with E-state index in [0.717, 1.165) is 19.0 Å². The number of aromatic nitrogens is 3. The van der Waals surface area contributed by atoms with Crippen LogP contribution in [0.15, 0.2) is 24.5 Å². The Bertz CT molecular complexity index is 923. The van der Waals surface area contributed by atoms with Gasteiger partial charge in [0.1, 0.15) is 12.3 Å². The van der Waals surface area contributed by atoms with Crippen LogP contribution >= 0.6 is 11.6 Å². The molecule has 0 N–H and O–H groups in total. The smallest absolute Gasteiger partial charge is 0.434 e. The van der Waals surface area contributed by atoms with Crippen LogP contribution in [0.3, 0.4) is 0 Å². The van der Waals surface area contributed by atoms with Gasteiger partial charge in [0, 0.05) is 12.2 Å². The van der Waals surface area contributed by atoms with Gasteiger partial charge in [0.05, 0.1) is 23.5 Å². The molecular formula is C19H18ClF3N4O2. The molecule has 1 unspecified atom stereocenters. The molecule has 3 heterocycles. The van der Waals surface area contributed by atoms with Crippen molar-refractivity contribution < 1.29 is 22.7 Å². The minimum absolute atomic E-state index is 0.0185. The lowest BCUT2D eigenvalue weighted by molar-refractivity contribution is -0.141. The Morgan fingerprint density at radius 1 is 1.24 bits per heavy atom. The summed E-state index contributed by atoms with van der Waals surface area (Å²) in [6.07, 6.45) is -1.17. The van der Waals surface area contributed by atoms with Gasteiger partial charge < -0.3 is 9.64 Å². The molecule has 2 aliphatic rings. The van der Waals surface area contributed by atoms with Gasteiger partial charge in [-0.3, -0.25) is 4.79 Å². The van der Waals surface area contributed by atoms with Gasteiger partial charge in [0.2, 0.25) is 5.88 Å². The lowest BCUT2D eigenvalue weighted by Gasteiger charge is -2.35. The van der Waals surface area contributed by atoms with E-state index in [1.54, 1.807) is 24.0 Å². The Balaban J connectivity index is 1.48. The van der Waals surface area contributed by atoms with E-state index in [1.165, 1.54) is 0 Å². The topological polar surface area (TPSA) is 68.2 Å². The second-order valence-corrected chi connectivity index (χ2v) is 7.84. The zero-order chi connectivity index (χ0) is 20.8. The molecule has 1 saturated heterocycles. The summed E-state index contributed by atoms with van der Waals surface area (Å²) in [4.78, 5) is 26.1. The molecule has 0 spiro atoms. The van der Waals surface area contributed by atoms with Crippen molar-refractivity contribution in [2.75, 3.05) is 13.2 Å². The average molecular weight is 427 g/mol. The van der Waals surface area contributed by atoms with Crippen molar-refractivity contribution >= 4 is 17.5 Å². The summed E-state index contributed by atoms with van der Waals surface area (Å²) in [6.45, 7) is 2.48. The minimum Gasteiger partial charge on any atom is -0.474 e. The molecule has 2 fully saturated rings. The Hall–Kier alpha value is -2.42. The van der Waals surface area contributed by atoms with E-state index in [1.807, 2.05) is 0 Å². The van der Waals surface area contributed by atoms with E-state index in [4.69, 9.17) is 16.3 Å². The van der Waals surface area contributed by atoms with E-state index in [0.29, 0.717) is 30.3 Å². The molecule has 1 aliphatic carbocycles. The van der Waals surface area contributed by atoms with Crippen LogP contribution in [-0.2, 0) is 6.18 Å². The summed E-state index contributed by atoms with van der Waals surface area (Å²) < 4.78 is 43.4. The number of fused-ring (bicyclic) bond motifs is 1. The maximum absolute atomic E-state index is 13.1. The lowest BCUT2D eigenvalue weighted by atomic mass is 10.0. The highest BCUT2D eigenvalue weighted by Gasteiger charge is 2.47. The molecule has 154 valence electrons. The van der Waals surface area contributed by atoms with Crippen LogP contribution in [0.1, 0.15) is 34.7 Å². The molecule has 4 rings (SSSR count). The molecule has 1 aliphatic heterocycles. The second kappa shape index (κ2) is 7.44. The number of halogens is 4. The highest BCUT2D eigenvalue weighted by Crippen LogP contribution is 2.47. The normalized spacial score (nSPS) is 23.5. The molecule has 1 amide bonds. The SMILES string of the molecule is Cc1ccc(Cl)c(C(=O)N2CC3C[C@@H]3C[C@H]2COc2cnc(C(F)(F)F)cn2)n1. The third-order valence-corrected chi connectivity index (χ3v) is 5.61. The number of nitrogens with zero attached hydrogens (tertiary/aromatic N) is 4.